The third-order valence-electron chi connectivity index (χ3n) is 2.89. The Morgan fingerprint density at radius 3 is 2.50 bits per heavy atom. The van der Waals surface area contributed by atoms with E-state index in [2.05, 4.69) is 10.6 Å². The van der Waals surface area contributed by atoms with Crippen LogP contribution in [0, 0.1) is 12.7 Å². The Kier molecular flexibility index (Phi) is 4.85. The number of anilines is 1. The van der Waals surface area contributed by atoms with Crippen molar-refractivity contribution >= 4 is 11.6 Å². The van der Waals surface area contributed by atoms with E-state index in [1.54, 1.807) is 18.2 Å². The van der Waals surface area contributed by atoms with Gasteiger partial charge in [0.25, 0.3) is 0 Å². The monoisotopic (exact) mass is 272 g/mol. The summed E-state index contributed by atoms with van der Waals surface area (Å²) in [5, 5.41) is 5.70. The second-order valence-electron chi connectivity index (χ2n) is 4.61. The van der Waals surface area contributed by atoms with Gasteiger partial charge in [0.15, 0.2) is 0 Å². The Balaban J connectivity index is 1.78. The SMILES string of the molecule is Cc1ccc(NC(=O)CNCc2ccccc2F)cc1. The maximum absolute atomic E-state index is 13.4. The van der Waals surface area contributed by atoms with Gasteiger partial charge < -0.3 is 10.6 Å². The molecule has 0 fully saturated rings. The topological polar surface area (TPSA) is 41.1 Å². The van der Waals surface area contributed by atoms with Crippen LogP contribution in [0.25, 0.3) is 0 Å². The summed E-state index contributed by atoms with van der Waals surface area (Å²) in [6.07, 6.45) is 0. The first kappa shape index (κ1) is 14.2. The highest BCUT2D eigenvalue weighted by molar-refractivity contribution is 5.92. The predicted octanol–water partition coefficient (Wildman–Crippen LogP) is 2.86. The Labute approximate surface area is 117 Å². The maximum atomic E-state index is 13.4. The summed E-state index contributed by atoms with van der Waals surface area (Å²) in [4.78, 5) is 11.7. The molecule has 0 bridgehead atoms. The Bertz CT molecular complexity index is 581. The average Bonchev–Trinajstić information content (AvgIpc) is 2.43. The van der Waals surface area contributed by atoms with Gasteiger partial charge in [-0.2, -0.15) is 0 Å². The first-order chi connectivity index (χ1) is 9.65. The molecule has 20 heavy (non-hydrogen) atoms. The quantitative estimate of drug-likeness (QED) is 0.878. The lowest BCUT2D eigenvalue weighted by Crippen LogP contribution is -2.27. The minimum absolute atomic E-state index is 0.141. The molecular weight excluding hydrogens is 255 g/mol. The van der Waals surface area contributed by atoms with Gasteiger partial charge in [-0.1, -0.05) is 35.9 Å². The fourth-order valence-electron chi connectivity index (χ4n) is 1.79. The third kappa shape index (κ3) is 4.17. The number of benzene rings is 2. The molecule has 2 N–H and O–H groups in total. The van der Waals surface area contributed by atoms with Crippen molar-refractivity contribution in [1.82, 2.24) is 5.32 Å². The summed E-state index contributed by atoms with van der Waals surface area (Å²) in [6, 6.07) is 14.1. The van der Waals surface area contributed by atoms with Crippen LogP contribution in [0.3, 0.4) is 0 Å². The maximum Gasteiger partial charge on any atom is 0.238 e. The summed E-state index contributed by atoms with van der Waals surface area (Å²) in [6.45, 7) is 2.46. The van der Waals surface area contributed by atoms with E-state index in [0.717, 1.165) is 11.3 Å². The van der Waals surface area contributed by atoms with Crippen molar-refractivity contribution in [3.63, 3.8) is 0 Å². The van der Waals surface area contributed by atoms with Gasteiger partial charge in [0.2, 0.25) is 5.91 Å². The molecule has 0 saturated carbocycles. The number of hydrogen-bond donors (Lipinski definition) is 2. The van der Waals surface area contributed by atoms with E-state index < -0.39 is 0 Å². The molecule has 0 aromatic heterocycles. The van der Waals surface area contributed by atoms with E-state index in [4.69, 9.17) is 0 Å². The highest BCUT2D eigenvalue weighted by atomic mass is 19.1. The molecule has 0 aliphatic heterocycles. The van der Waals surface area contributed by atoms with Gasteiger partial charge in [-0.05, 0) is 25.1 Å². The van der Waals surface area contributed by atoms with Crippen LogP contribution < -0.4 is 10.6 Å². The molecule has 0 aliphatic rings. The molecular formula is C16H17FN2O. The van der Waals surface area contributed by atoms with Crippen LogP contribution in [0.4, 0.5) is 10.1 Å². The van der Waals surface area contributed by atoms with Gasteiger partial charge in [-0.15, -0.1) is 0 Å². The fourth-order valence-corrected chi connectivity index (χ4v) is 1.79. The normalized spacial score (nSPS) is 10.3. The van der Waals surface area contributed by atoms with Crippen LogP contribution in [0.2, 0.25) is 0 Å². The molecule has 1 amide bonds. The summed E-state index contributed by atoms with van der Waals surface area (Å²) in [5.41, 5.74) is 2.45. The zero-order valence-electron chi connectivity index (χ0n) is 11.3. The van der Waals surface area contributed by atoms with Crippen LogP contribution in [0.1, 0.15) is 11.1 Å². The smallest absolute Gasteiger partial charge is 0.238 e. The second kappa shape index (κ2) is 6.82. The number of amides is 1. The largest absolute Gasteiger partial charge is 0.325 e. The van der Waals surface area contributed by atoms with E-state index in [9.17, 15) is 9.18 Å². The van der Waals surface area contributed by atoms with Crippen molar-refractivity contribution in [1.29, 1.82) is 0 Å². The third-order valence-corrected chi connectivity index (χ3v) is 2.89. The van der Waals surface area contributed by atoms with Crippen LogP contribution in [0.5, 0.6) is 0 Å². The highest BCUT2D eigenvalue weighted by Crippen LogP contribution is 2.08. The van der Waals surface area contributed by atoms with E-state index in [1.807, 2.05) is 31.2 Å². The summed E-state index contributed by atoms with van der Waals surface area (Å²) in [7, 11) is 0. The Hall–Kier alpha value is -2.20. The second-order valence-corrected chi connectivity index (χ2v) is 4.61. The van der Waals surface area contributed by atoms with Gasteiger partial charge in [-0.3, -0.25) is 4.79 Å². The van der Waals surface area contributed by atoms with Crippen molar-refractivity contribution in [3.8, 4) is 0 Å². The van der Waals surface area contributed by atoms with Gasteiger partial charge in [0.1, 0.15) is 5.82 Å². The molecule has 0 unspecified atom stereocenters. The summed E-state index contributed by atoms with van der Waals surface area (Å²) in [5.74, 6) is -0.413. The molecule has 3 nitrogen and oxygen atoms in total. The number of nitrogens with one attached hydrogen (secondary N) is 2. The average molecular weight is 272 g/mol. The van der Waals surface area contributed by atoms with Gasteiger partial charge >= 0.3 is 0 Å². The van der Waals surface area contributed by atoms with Gasteiger partial charge in [0.05, 0.1) is 6.54 Å². The van der Waals surface area contributed by atoms with E-state index in [1.165, 1.54) is 6.07 Å². The molecule has 0 aliphatic carbocycles. The van der Waals surface area contributed by atoms with Crippen molar-refractivity contribution in [2.45, 2.75) is 13.5 Å². The van der Waals surface area contributed by atoms with Crippen molar-refractivity contribution < 1.29 is 9.18 Å². The number of aryl methyl sites for hydroxylation is 1. The highest BCUT2D eigenvalue weighted by Gasteiger charge is 2.03. The Morgan fingerprint density at radius 2 is 1.80 bits per heavy atom. The number of halogens is 1. The zero-order valence-corrected chi connectivity index (χ0v) is 11.3. The van der Waals surface area contributed by atoms with E-state index >= 15 is 0 Å². The van der Waals surface area contributed by atoms with Crippen molar-refractivity contribution in [2.24, 2.45) is 0 Å². The van der Waals surface area contributed by atoms with E-state index in [0.29, 0.717) is 12.1 Å². The molecule has 4 heteroatoms. The molecule has 0 saturated heterocycles. The van der Waals surface area contributed by atoms with Crippen LogP contribution >= 0.6 is 0 Å². The minimum Gasteiger partial charge on any atom is -0.325 e. The zero-order chi connectivity index (χ0) is 14.4. The van der Waals surface area contributed by atoms with Gasteiger partial charge in [-0.25, -0.2) is 4.39 Å². The van der Waals surface area contributed by atoms with Crippen LogP contribution in [-0.2, 0) is 11.3 Å². The fraction of sp³-hybridized carbons (Fsp3) is 0.188. The molecule has 0 heterocycles. The predicted molar refractivity (Wildman–Crippen MR) is 77.9 cm³/mol. The summed E-state index contributed by atoms with van der Waals surface area (Å²) >= 11 is 0. The first-order valence-corrected chi connectivity index (χ1v) is 6.46. The molecule has 0 atom stereocenters. The first-order valence-electron chi connectivity index (χ1n) is 6.46. The molecule has 2 aromatic carbocycles. The number of carbonyl (C=O) groups excluding carboxylic acids is 1. The number of hydrogen-bond acceptors (Lipinski definition) is 2. The molecule has 104 valence electrons. The molecule has 0 spiro atoms. The minimum atomic E-state index is -0.265. The lowest BCUT2D eigenvalue weighted by molar-refractivity contribution is -0.115. The summed E-state index contributed by atoms with van der Waals surface area (Å²) < 4.78 is 13.4. The molecule has 0 radical (unpaired) electrons. The number of carbonyl (C=O) groups is 1. The molecule has 2 aromatic rings. The molecule has 2 rings (SSSR count). The van der Waals surface area contributed by atoms with Crippen LogP contribution in [-0.4, -0.2) is 12.5 Å². The Morgan fingerprint density at radius 1 is 1.10 bits per heavy atom. The van der Waals surface area contributed by atoms with Gasteiger partial charge in [0, 0.05) is 17.8 Å². The van der Waals surface area contributed by atoms with Crippen LogP contribution in [0.15, 0.2) is 48.5 Å². The van der Waals surface area contributed by atoms with E-state index in [-0.39, 0.29) is 18.3 Å². The van der Waals surface area contributed by atoms with Crippen molar-refractivity contribution in [2.75, 3.05) is 11.9 Å². The lowest BCUT2D eigenvalue weighted by atomic mass is 10.2. The van der Waals surface area contributed by atoms with Crippen molar-refractivity contribution in [3.05, 3.63) is 65.5 Å². The lowest BCUT2D eigenvalue weighted by Gasteiger charge is -2.07. The standard InChI is InChI=1S/C16H17FN2O/c1-12-6-8-14(9-7-12)19-16(20)11-18-10-13-4-2-3-5-15(13)17/h2-9,18H,10-11H2,1H3,(H,19,20). The number of rotatable bonds is 5.